The Morgan fingerprint density at radius 1 is 1.14 bits per heavy atom. The van der Waals surface area contributed by atoms with E-state index in [9.17, 15) is 32.3 Å². The van der Waals surface area contributed by atoms with Crippen LogP contribution in [0.5, 0.6) is 0 Å². The highest BCUT2D eigenvalue weighted by atomic mass is 19.4. The summed E-state index contributed by atoms with van der Waals surface area (Å²) in [5.74, 6) is -6.54. The Morgan fingerprint density at radius 3 is 2.43 bits per heavy atom. The standard InChI is InChI=1S/C16H15F3O9/c1-5(2)13(21)24-3-6(20)26-11-9-7(14(22)25-4-16(17,18)19)8-10(27-9)12(11)28-15(8)23/h7-12H,1,3-4H2,2H3. The lowest BCUT2D eigenvalue weighted by Gasteiger charge is -2.27. The summed E-state index contributed by atoms with van der Waals surface area (Å²) >= 11 is 0. The van der Waals surface area contributed by atoms with Gasteiger partial charge in [0.15, 0.2) is 25.4 Å². The second kappa shape index (κ2) is 7.08. The molecule has 2 bridgehead atoms. The summed E-state index contributed by atoms with van der Waals surface area (Å²) < 4.78 is 61.3. The average Bonchev–Trinajstić information content (AvgIpc) is 3.20. The number of alkyl halides is 3. The monoisotopic (exact) mass is 408 g/mol. The maximum absolute atomic E-state index is 12.3. The van der Waals surface area contributed by atoms with Crippen molar-refractivity contribution in [3.8, 4) is 0 Å². The summed E-state index contributed by atoms with van der Waals surface area (Å²) in [4.78, 5) is 47.3. The fraction of sp³-hybridized carbons (Fsp3) is 0.625. The van der Waals surface area contributed by atoms with Crippen molar-refractivity contribution in [2.45, 2.75) is 37.5 Å². The van der Waals surface area contributed by atoms with Gasteiger partial charge in [-0.25, -0.2) is 9.59 Å². The summed E-state index contributed by atoms with van der Waals surface area (Å²) in [7, 11) is 0. The molecule has 3 heterocycles. The van der Waals surface area contributed by atoms with Crippen molar-refractivity contribution in [1.82, 2.24) is 0 Å². The SMILES string of the molecule is C=C(C)C(=O)OCC(=O)OC1C2OC(=O)C3C2OC1C3C(=O)OCC(F)(F)F. The molecule has 3 aliphatic rings. The lowest BCUT2D eigenvalue weighted by Crippen LogP contribution is -2.48. The van der Waals surface area contributed by atoms with Crippen LogP contribution in [0.4, 0.5) is 13.2 Å². The molecule has 3 aliphatic heterocycles. The van der Waals surface area contributed by atoms with Crippen LogP contribution in [-0.4, -0.2) is 67.7 Å². The summed E-state index contributed by atoms with van der Waals surface area (Å²) in [5, 5.41) is 0. The Hall–Kier alpha value is -2.63. The maximum Gasteiger partial charge on any atom is 0.422 e. The Kier molecular flexibility index (Phi) is 5.08. The van der Waals surface area contributed by atoms with E-state index in [2.05, 4.69) is 16.1 Å². The van der Waals surface area contributed by atoms with E-state index < -0.39 is 79.5 Å². The van der Waals surface area contributed by atoms with Crippen molar-refractivity contribution in [1.29, 1.82) is 0 Å². The second-order valence-electron chi connectivity index (χ2n) is 6.55. The van der Waals surface area contributed by atoms with Crippen LogP contribution in [0.2, 0.25) is 0 Å². The zero-order valence-electron chi connectivity index (χ0n) is 14.4. The Bertz CT molecular complexity index is 731. The van der Waals surface area contributed by atoms with Gasteiger partial charge in [0.1, 0.15) is 24.0 Å². The number of hydrogen-bond acceptors (Lipinski definition) is 9. The van der Waals surface area contributed by atoms with Crippen LogP contribution in [0, 0.1) is 11.8 Å². The highest BCUT2D eigenvalue weighted by Gasteiger charge is 2.72. The summed E-state index contributed by atoms with van der Waals surface area (Å²) in [6.45, 7) is 2.10. The fourth-order valence-electron chi connectivity index (χ4n) is 3.42. The van der Waals surface area contributed by atoms with Crippen molar-refractivity contribution >= 4 is 23.9 Å². The van der Waals surface area contributed by atoms with Gasteiger partial charge in [0.2, 0.25) is 0 Å². The van der Waals surface area contributed by atoms with E-state index in [1.165, 1.54) is 6.92 Å². The number of fused-ring (bicyclic) bond motifs is 1. The summed E-state index contributed by atoms with van der Waals surface area (Å²) in [5.41, 5.74) is 0.0519. The molecule has 0 spiro atoms. The number of esters is 4. The third-order valence-corrected chi connectivity index (χ3v) is 4.49. The Labute approximate surface area is 155 Å². The van der Waals surface area contributed by atoms with Gasteiger partial charge in [-0.15, -0.1) is 0 Å². The zero-order chi connectivity index (χ0) is 20.8. The number of halogens is 3. The van der Waals surface area contributed by atoms with Crippen molar-refractivity contribution in [3.05, 3.63) is 12.2 Å². The van der Waals surface area contributed by atoms with E-state index in [1.807, 2.05) is 0 Å². The van der Waals surface area contributed by atoms with Gasteiger partial charge in [0.05, 0.1) is 0 Å². The smallest absolute Gasteiger partial charge is 0.422 e. The molecule has 6 unspecified atom stereocenters. The molecule has 6 atom stereocenters. The molecule has 0 aliphatic carbocycles. The quantitative estimate of drug-likeness (QED) is 0.342. The first-order valence-corrected chi connectivity index (χ1v) is 8.11. The Balaban J connectivity index is 1.66. The van der Waals surface area contributed by atoms with Gasteiger partial charge in [-0.3, -0.25) is 9.59 Å². The van der Waals surface area contributed by atoms with E-state index in [1.54, 1.807) is 0 Å². The number of ether oxygens (including phenoxy) is 5. The van der Waals surface area contributed by atoms with Crippen molar-refractivity contribution in [3.63, 3.8) is 0 Å². The van der Waals surface area contributed by atoms with Gasteiger partial charge in [0.25, 0.3) is 0 Å². The van der Waals surface area contributed by atoms with Crippen LogP contribution in [0.15, 0.2) is 12.2 Å². The van der Waals surface area contributed by atoms with Crippen molar-refractivity contribution in [2.75, 3.05) is 13.2 Å². The first-order valence-electron chi connectivity index (χ1n) is 8.11. The number of rotatable bonds is 6. The highest BCUT2D eigenvalue weighted by Crippen LogP contribution is 2.51. The lowest BCUT2D eigenvalue weighted by atomic mass is 9.78. The predicted octanol–water partition coefficient (Wildman–Crippen LogP) is 0.0618. The predicted molar refractivity (Wildman–Crippen MR) is 78.2 cm³/mol. The van der Waals surface area contributed by atoms with Crippen LogP contribution in [-0.2, 0) is 42.9 Å². The molecule has 0 radical (unpaired) electrons. The molecule has 3 fully saturated rings. The molecule has 12 heteroatoms. The molecular weight excluding hydrogens is 393 g/mol. The largest absolute Gasteiger partial charge is 0.456 e. The van der Waals surface area contributed by atoms with Crippen LogP contribution in [0.1, 0.15) is 6.92 Å². The number of carbonyl (C=O) groups is 4. The van der Waals surface area contributed by atoms with E-state index in [-0.39, 0.29) is 5.57 Å². The summed E-state index contributed by atoms with van der Waals surface area (Å²) in [6.07, 6.45) is -9.15. The van der Waals surface area contributed by atoms with Crippen LogP contribution in [0.3, 0.4) is 0 Å². The molecular formula is C16H15F3O9. The van der Waals surface area contributed by atoms with E-state index in [0.29, 0.717) is 0 Å². The van der Waals surface area contributed by atoms with E-state index >= 15 is 0 Å². The second-order valence-corrected chi connectivity index (χ2v) is 6.55. The van der Waals surface area contributed by atoms with Gasteiger partial charge in [0, 0.05) is 5.57 Å². The molecule has 0 amide bonds. The molecule has 28 heavy (non-hydrogen) atoms. The third kappa shape index (κ3) is 3.68. The molecule has 9 nitrogen and oxygen atoms in total. The van der Waals surface area contributed by atoms with Gasteiger partial charge in [-0.05, 0) is 6.92 Å². The van der Waals surface area contributed by atoms with Gasteiger partial charge in [-0.1, -0.05) is 6.58 Å². The third-order valence-electron chi connectivity index (χ3n) is 4.49. The topological polar surface area (TPSA) is 114 Å². The van der Waals surface area contributed by atoms with Crippen LogP contribution >= 0.6 is 0 Å². The molecule has 0 N–H and O–H groups in total. The summed E-state index contributed by atoms with van der Waals surface area (Å²) in [6, 6.07) is 0. The molecule has 154 valence electrons. The minimum Gasteiger partial charge on any atom is -0.456 e. The molecule has 0 aromatic rings. The van der Waals surface area contributed by atoms with Gasteiger partial charge >= 0.3 is 30.1 Å². The van der Waals surface area contributed by atoms with Crippen molar-refractivity contribution < 1.29 is 56.0 Å². The number of carbonyl (C=O) groups excluding carboxylic acids is 4. The first-order chi connectivity index (χ1) is 13.0. The molecule has 0 aromatic heterocycles. The molecule has 0 aromatic carbocycles. The molecule has 3 rings (SSSR count). The number of hydrogen-bond donors (Lipinski definition) is 0. The average molecular weight is 408 g/mol. The minimum absolute atomic E-state index is 0.0519. The molecule has 0 saturated carbocycles. The maximum atomic E-state index is 12.3. The van der Waals surface area contributed by atoms with Crippen LogP contribution in [0.25, 0.3) is 0 Å². The van der Waals surface area contributed by atoms with E-state index in [4.69, 9.17) is 14.2 Å². The Morgan fingerprint density at radius 2 is 1.82 bits per heavy atom. The van der Waals surface area contributed by atoms with E-state index in [0.717, 1.165) is 0 Å². The lowest BCUT2D eigenvalue weighted by molar-refractivity contribution is -0.192. The fourth-order valence-corrected chi connectivity index (χ4v) is 3.42. The molecule has 3 saturated heterocycles. The van der Waals surface area contributed by atoms with Crippen molar-refractivity contribution in [2.24, 2.45) is 11.8 Å². The van der Waals surface area contributed by atoms with Gasteiger partial charge in [-0.2, -0.15) is 13.2 Å². The van der Waals surface area contributed by atoms with Gasteiger partial charge < -0.3 is 23.7 Å². The normalized spacial score (nSPS) is 32.6. The van der Waals surface area contributed by atoms with Crippen LogP contribution < -0.4 is 0 Å². The highest BCUT2D eigenvalue weighted by molar-refractivity contribution is 5.89. The zero-order valence-corrected chi connectivity index (χ0v) is 14.4. The minimum atomic E-state index is -4.74. The first kappa shape index (κ1) is 20.1.